The van der Waals surface area contributed by atoms with Crippen molar-refractivity contribution in [2.24, 2.45) is 5.92 Å². The van der Waals surface area contributed by atoms with Crippen molar-refractivity contribution in [2.75, 3.05) is 6.54 Å². The van der Waals surface area contributed by atoms with Crippen molar-refractivity contribution in [1.82, 2.24) is 5.32 Å². The van der Waals surface area contributed by atoms with E-state index in [1.807, 2.05) is 19.1 Å². The molecule has 0 aliphatic carbocycles. The summed E-state index contributed by atoms with van der Waals surface area (Å²) in [5.41, 5.74) is 2.35. The fraction of sp³-hybridized carbons (Fsp3) is 0.417. The maximum atomic E-state index is 10.9. The van der Waals surface area contributed by atoms with Gasteiger partial charge in [-0.05, 0) is 30.5 Å². The minimum atomic E-state index is -0.705. The van der Waals surface area contributed by atoms with Crippen molar-refractivity contribution < 1.29 is 9.90 Å². The second kappa shape index (κ2) is 4.55. The zero-order valence-electron chi connectivity index (χ0n) is 9.03. The van der Waals surface area contributed by atoms with E-state index < -0.39 is 5.97 Å². The highest BCUT2D eigenvalue weighted by Crippen LogP contribution is 2.29. The minimum Gasteiger partial charge on any atom is -0.481 e. The first-order valence-corrected chi connectivity index (χ1v) is 6.09. The number of carbonyl (C=O) groups is 1. The SMILES string of the molecule is Cc1cc(C2CC(C(=O)O)CN2)ccc1Br. The van der Waals surface area contributed by atoms with Crippen LogP contribution in [0.1, 0.15) is 23.6 Å². The second-order valence-corrected chi connectivity index (χ2v) is 5.09. The van der Waals surface area contributed by atoms with Gasteiger partial charge in [-0.2, -0.15) is 0 Å². The molecular formula is C12H14BrNO2. The summed E-state index contributed by atoms with van der Waals surface area (Å²) in [4.78, 5) is 10.9. The molecule has 1 fully saturated rings. The molecule has 1 aliphatic heterocycles. The van der Waals surface area contributed by atoms with Crippen molar-refractivity contribution in [3.63, 3.8) is 0 Å². The third-order valence-corrected chi connectivity index (χ3v) is 3.95. The molecule has 0 radical (unpaired) electrons. The number of rotatable bonds is 2. The Bertz CT molecular complexity index is 419. The van der Waals surface area contributed by atoms with Crippen LogP contribution in [-0.2, 0) is 4.79 Å². The van der Waals surface area contributed by atoms with Crippen molar-refractivity contribution >= 4 is 21.9 Å². The number of halogens is 1. The summed E-state index contributed by atoms with van der Waals surface area (Å²) in [6.45, 7) is 2.60. The van der Waals surface area contributed by atoms with Gasteiger partial charge in [0.2, 0.25) is 0 Å². The molecular weight excluding hydrogens is 270 g/mol. The zero-order valence-corrected chi connectivity index (χ0v) is 10.6. The first-order chi connectivity index (χ1) is 7.58. The molecule has 0 saturated carbocycles. The van der Waals surface area contributed by atoms with Crippen LogP contribution < -0.4 is 5.32 Å². The summed E-state index contributed by atoms with van der Waals surface area (Å²) in [5, 5.41) is 12.2. The van der Waals surface area contributed by atoms with Crippen LogP contribution in [0.5, 0.6) is 0 Å². The van der Waals surface area contributed by atoms with Crippen LogP contribution in [0, 0.1) is 12.8 Å². The van der Waals surface area contributed by atoms with Gasteiger partial charge in [0.05, 0.1) is 5.92 Å². The molecule has 1 aliphatic rings. The van der Waals surface area contributed by atoms with Crippen molar-refractivity contribution in [1.29, 1.82) is 0 Å². The summed E-state index contributed by atoms with van der Waals surface area (Å²) >= 11 is 3.46. The Morgan fingerprint density at radius 3 is 2.88 bits per heavy atom. The van der Waals surface area contributed by atoms with E-state index in [9.17, 15) is 4.79 Å². The topological polar surface area (TPSA) is 49.3 Å². The Hall–Kier alpha value is -0.870. The molecule has 1 saturated heterocycles. The van der Waals surface area contributed by atoms with Crippen molar-refractivity contribution in [2.45, 2.75) is 19.4 Å². The fourth-order valence-corrected chi connectivity index (χ4v) is 2.31. The number of hydrogen-bond donors (Lipinski definition) is 2. The van der Waals surface area contributed by atoms with Crippen LogP contribution in [0.4, 0.5) is 0 Å². The molecule has 0 aromatic heterocycles. The molecule has 2 rings (SSSR count). The summed E-state index contributed by atoms with van der Waals surface area (Å²) < 4.78 is 1.09. The van der Waals surface area contributed by atoms with Crippen LogP contribution >= 0.6 is 15.9 Å². The highest BCUT2D eigenvalue weighted by atomic mass is 79.9. The quantitative estimate of drug-likeness (QED) is 0.877. The lowest BCUT2D eigenvalue weighted by Crippen LogP contribution is -2.17. The Labute approximate surface area is 103 Å². The van der Waals surface area contributed by atoms with Crippen LogP contribution in [0.2, 0.25) is 0 Å². The number of carboxylic acids is 1. The van der Waals surface area contributed by atoms with Crippen LogP contribution in [0.3, 0.4) is 0 Å². The van der Waals surface area contributed by atoms with E-state index in [0.29, 0.717) is 13.0 Å². The molecule has 1 aromatic carbocycles. The minimum absolute atomic E-state index is 0.174. The van der Waals surface area contributed by atoms with E-state index in [0.717, 1.165) is 4.47 Å². The predicted molar refractivity (Wildman–Crippen MR) is 65.4 cm³/mol. The van der Waals surface area contributed by atoms with Crippen LogP contribution in [0.15, 0.2) is 22.7 Å². The average Bonchev–Trinajstić information content (AvgIpc) is 2.71. The lowest BCUT2D eigenvalue weighted by atomic mass is 9.99. The van der Waals surface area contributed by atoms with Gasteiger partial charge in [0.25, 0.3) is 0 Å². The number of carboxylic acid groups (broad SMARTS) is 1. The monoisotopic (exact) mass is 283 g/mol. The third kappa shape index (κ3) is 2.28. The summed E-state index contributed by atoms with van der Waals surface area (Å²) in [6, 6.07) is 6.33. The Morgan fingerprint density at radius 1 is 1.56 bits per heavy atom. The first kappa shape index (κ1) is 11.6. The molecule has 0 bridgehead atoms. The molecule has 3 nitrogen and oxygen atoms in total. The van der Waals surface area contributed by atoms with Crippen LogP contribution in [-0.4, -0.2) is 17.6 Å². The largest absolute Gasteiger partial charge is 0.481 e. The van der Waals surface area contributed by atoms with E-state index >= 15 is 0 Å². The highest BCUT2D eigenvalue weighted by Gasteiger charge is 2.30. The van der Waals surface area contributed by atoms with Gasteiger partial charge in [0.1, 0.15) is 0 Å². The van der Waals surface area contributed by atoms with E-state index in [1.54, 1.807) is 0 Å². The first-order valence-electron chi connectivity index (χ1n) is 5.30. The van der Waals surface area contributed by atoms with Gasteiger partial charge in [0.15, 0.2) is 0 Å². The molecule has 16 heavy (non-hydrogen) atoms. The molecule has 86 valence electrons. The maximum Gasteiger partial charge on any atom is 0.307 e. The van der Waals surface area contributed by atoms with Gasteiger partial charge in [-0.15, -0.1) is 0 Å². The predicted octanol–water partition coefficient (Wildman–Crippen LogP) is 2.49. The number of aryl methyl sites for hydroxylation is 1. The number of hydrogen-bond acceptors (Lipinski definition) is 2. The molecule has 2 unspecified atom stereocenters. The molecule has 2 atom stereocenters. The Balaban J connectivity index is 2.14. The van der Waals surface area contributed by atoms with Gasteiger partial charge >= 0.3 is 5.97 Å². The van der Waals surface area contributed by atoms with Gasteiger partial charge in [-0.25, -0.2) is 0 Å². The highest BCUT2D eigenvalue weighted by molar-refractivity contribution is 9.10. The molecule has 0 spiro atoms. The molecule has 2 N–H and O–H groups in total. The van der Waals surface area contributed by atoms with Gasteiger partial charge in [-0.1, -0.05) is 28.1 Å². The standard InChI is InChI=1S/C12H14BrNO2/c1-7-4-8(2-3-10(7)13)11-5-9(6-14-11)12(15)16/h2-4,9,11,14H,5-6H2,1H3,(H,15,16). The van der Waals surface area contributed by atoms with E-state index in [-0.39, 0.29) is 12.0 Å². The maximum absolute atomic E-state index is 10.9. The number of nitrogens with one attached hydrogen (secondary N) is 1. The fourth-order valence-electron chi connectivity index (χ4n) is 2.06. The molecule has 1 heterocycles. The third-order valence-electron chi connectivity index (χ3n) is 3.06. The average molecular weight is 284 g/mol. The number of benzene rings is 1. The lowest BCUT2D eigenvalue weighted by Gasteiger charge is -2.12. The Kier molecular flexibility index (Phi) is 3.30. The summed E-state index contributed by atoms with van der Waals surface area (Å²) in [5.74, 6) is -0.960. The van der Waals surface area contributed by atoms with Crippen molar-refractivity contribution in [3.05, 3.63) is 33.8 Å². The van der Waals surface area contributed by atoms with Crippen molar-refractivity contribution in [3.8, 4) is 0 Å². The lowest BCUT2D eigenvalue weighted by molar-refractivity contribution is -0.141. The summed E-state index contributed by atoms with van der Waals surface area (Å²) in [7, 11) is 0. The molecule has 4 heteroatoms. The summed E-state index contributed by atoms with van der Waals surface area (Å²) in [6.07, 6.45) is 0.677. The van der Waals surface area contributed by atoms with E-state index in [2.05, 4.69) is 27.3 Å². The van der Waals surface area contributed by atoms with Gasteiger partial charge in [-0.3, -0.25) is 4.79 Å². The van der Waals surface area contributed by atoms with Gasteiger partial charge < -0.3 is 10.4 Å². The van der Waals surface area contributed by atoms with Crippen LogP contribution in [0.25, 0.3) is 0 Å². The Morgan fingerprint density at radius 2 is 2.31 bits per heavy atom. The second-order valence-electron chi connectivity index (χ2n) is 4.24. The van der Waals surface area contributed by atoms with E-state index in [4.69, 9.17) is 5.11 Å². The number of aliphatic carboxylic acids is 1. The normalized spacial score (nSPS) is 24.6. The smallest absolute Gasteiger partial charge is 0.307 e. The van der Waals surface area contributed by atoms with Gasteiger partial charge in [0, 0.05) is 17.1 Å². The molecule has 1 aromatic rings. The zero-order chi connectivity index (χ0) is 11.7. The molecule has 0 amide bonds. The van der Waals surface area contributed by atoms with E-state index in [1.165, 1.54) is 11.1 Å².